The highest BCUT2D eigenvalue weighted by molar-refractivity contribution is 5.76. The van der Waals surface area contributed by atoms with Gasteiger partial charge in [0.1, 0.15) is 19.0 Å². The van der Waals surface area contributed by atoms with Crippen molar-refractivity contribution in [2.45, 2.75) is 25.8 Å². The molecule has 5 nitrogen and oxygen atoms in total. The van der Waals surface area contributed by atoms with Gasteiger partial charge in [0.15, 0.2) is 11.5 Å². The number of amides is 1. The third kappa shape index (κ3) is 4.44. The van der Waals surface area contributed by atoms with Crippen molar-refractivity contribution in [2.75, 3.05) is 20.3 Å². The highest BCUT2D eigenvalue weighted by Crippen LogP contribution is 2.32. The fourth-order valence-electron chi connectivity index (χ4n) is 2.81. The predicted molar refractivity (Wildman–Crippen MR) is 95.3 cm³/mol. The Hall–Kier alpha value is -2.69. The van der Waals surface area contributed by atoms with Gasteiger partial charge in [0.05, 0.1) is 13.2 Å². The average Bonchev–Trinajstić information content (AvgIpc) is 2.66. The van der Waals surface area contributed by atoms with Gasteiger partial charge in [-0.15, -0.1) is 0 Å². The third-order valence-corrected chi connectivity index (χ3v) is 4.22. The van der Waals surface area contributed by atoms with E-state index in [1.807, 2.05) is 49.4 Å². The van der Waals surface area contributed by atoms with Crippen molar-refractivity contribution in [1.29, 1.82) is 0 Å². The molecule has 2 aromatic rings. The van der Waals surface area contributed by atoms with Gasteiger partial charge in [0.25, 0.3) is 0 Å². The Kier molecular flexibility index (Phi) is 5.43. The van der Waals surface area contributed by atoms with E-state index in [1.165, 1.54) is 0 Å². The maximum Gasteiger partial charge on any atom is 0.220 e. The van der Waals surface area contributed by atoms with Gasteiger partial charge in [-0.25, -0.2) is 0 Å². The van der Waals surface area contributed by atoms with E-state index in [0.29, 0.717) is 26.1 Å². The topological polar surface area (TPSA) is 56.8 Å². The Balaban J connectivity index is 1.55. The molecular formula is C20H23NO4. The van der Waals surface area contributed by atoms with Crippen LogP contribution in [0.3, 0.4) is 0 Å². The van der Waals surface area contributed by atoms with Crippen LogP contribution in [0, 0.1) is 0 Å². The average molecular weight is 341 g/mol. The van der Waals surface area contributed by atoms with Crippen LogP contribution in [-0.4, -0.2) is 26.2 Å². The second-order valence-electron chi connectivity index (χ2n) is 6.04. The summed E-state index contributed by atoms with van der Waals surface area (Å²) in [4.78, 5) is 12.2. The Bertz CT molecular complexity index is 744. The van der Waals surface area contributed by atoms with Crippen molar-refractivity contribution in [1.82, 2.24) is 5.32 Å². The lowest BCUT2D eigenvalue weighted by Crippen LogP contribution is -2.27. The highest BCUT2D eigenvalue weighted by atomic mass is 16.6. The summed E-state index contributed by atoms with van der Waals surface area (Å²) in [5, 5.41) is 3.04. The molecule has 0 spiro atoms. The van der Waals surface area contributed by atoms with Crippen molar-refractivity contribution in [3.8, 4) is 17.2 Å². The second-order valence-corrected chi connectivity index (χ2v) is 6.04. The van der Waals surface area contributed by atoms with Crippen LogP contribution in [-0.2, 0) is 11.2 Å². The van der Waals surface area contributed by atoms with E-state index in [1.54, 1.807) is 7.11 Å². The first-order valence-corrected chi connectivity index (χ1v) is 8.47. The summed E-state index contributed by atoms with van der Waals surface area (Å²) >= 11 is 0. The molecule has 0 aromatic heterocycles. The molecule has 0 saturated carbocycles. The number of fused-ring (bicyclic) bond motifs is 1. The minimum absolute atomic E-state index is 0.0187. The Labute approximate surface area is 147 Å². The summed E-state index contributed by atoms with van der Waals surface area (Å²) < 4.78 is 16.3. The summed E-state index contributed by atoms with van der Waals surface area (Å²) in [5.41, 5.74) is 2.08. The molecule has 0 bridgehead atoms. The van der Waals surface area contributed by atoms with Crippen LogP contribution in [0.4, 0.5) is 0 Å². The summed E-state index contributed by atoms with van der Waals surface area (Å²) in [7, 11) is 1.64. The number of benzene rings is 2. The lowest BCUT2D eigenvalue weighted by atomic mass is 10.1. The smallest absolute Gasteiger partial charge is 0.220 e. The zero-order valence-corrected chi connectivity index (χ0v) is 14.6. The van der Waals surface area contributed by atoms with Crippen LogP contribution in [0.15, 0.2) is 42.5 Å². The molecule has 1 unspecified atom stereocenters. The van der Waals surface area contributed by atoms with E-state index in [9.17, 15) is 4.79 Å². The summed E-state index contributed by atoms with van der Waals surface area (Å²) in [6.45, 7) is 3.09. The molecule has 1 atom stereocenters. The van der Waals surface area contributed by atoms with E-state index in [4.69, 9.17) is 14.2 Å². The molecule has 1 N–H and O–H groups in total. The molecule has 3 rings (SSSR count). The molecule has 5 heteroatoms. The van der Waals surface area contributed by atoms with Gasteiger partial charge >= 0.3 is 0 Å². The number of rotatable bonds is 6. The number of ether oxygens (including phenoxy) is 3. The van der Waals surface area contributed by atoms with Gasteiger partial charge in [-0.3, -0.25) is 4.79 Å². The van der Waals surface area contributed by atoms with Crippen molar-refractivity contribution in [3.05, 3.63) is 53.6 Å². The second kappa shape index (κ2) is 7.92. The van der Waals surface area contributed by atoms with Gasteiger partial charge in [-0.2, -0.15) is 0 Å². The minimum Gasteiger partial charge on any atom is -0.497 e. The van der Waals surface area contributed by atoms with E-state index in [-0.39, 0.29) is 11.9 Å². The van der Waals surface area contributed by atoms with E-state index in [2.05, 4.69) is 5.32 Å². The number of aryl methyl sites for hydroxylation is 1. The van der Waals surface area contributed by atoms with Gasteiger partial charge in [-0.05, 0) is 48.7 Å². The van der Waals surface area contributed by atoms with Crippen LogP contribution in [0.25, 0.3) is 0 Å². The van der Waals surface area contributed by atoms with Gasteiger partial charge in [0, 0.05) is 6.42 Å². The van der Waals surface area contributed by atoms with Crippen molar-refractivity contribution < 1.29 is 19.0 Å². The molecule has 25 heavy (non-hydrogen) atoms. The monoisotopic (exact) mass is 341 g/mol. The normalized spacial score (nSPS) is 13.8. The standard InChI is InChI=1S/C20H23NO4/c1-14(16-7-8-18-19(13-16)25-11-10-24-18)21-20(22)9-6-15-4-3-5-17(12-15)23-2/h3-5,7-8,12-14H,6,9-11H2,1-2H3,(H,21,22). The van der Waals surface area contributed by atoms with Gasteiger partial charge in [0.2, 0.25) is 5.91 Å². The number of carbonyl (C=O) groups is 1. The van der Waals surface area contributed by atoms with Gasteiger partial charge < -0.3 is 19.5 Å². The molecule has 1 heterocycles. The van der Waals surface area contributed by atoms with Crippen LogP contribution < -0.4 is 19.5 Å². The van der Waals surface area contributed by atoms with Crippen molar-refractivity contribution in [2.24, 2.45) is 0 Å². The summed E-state index contributed by atoms with van der Waals surface area (Å²) in [6, 6.07) is 13.5. The fourth-order valence-corrected chi connectivity index (χ4v) is 2.81. The van der Waals surface area contributed by atoms with Crippen molar-refractivity contribution in [3.63, 3.8) is 0 Å². The maximum atomic E-state index is 12.2. The van der Waals surface area contributed by atoms with Crippen LogP contribution >= 0.6 is 0 Å². The lowest BCUT2D eigenvalue weighted by molar-refractivity contribution is -0.121. The molecule has 1 aliphatic rings. The van der Waals surface area contributed by atoms with E-state index in [0.717, 1.165) is 28.4 Å². The molecule has 1 aliphatic heterocycles. The number of nitrogens with one attached hydrogen (secondary N) is 1. The van der Waals surface area contributed by atoms with Crippen molar-refractivity contribution >= 4 is 5.91 Å². The van der Waals surface area contributed by atoms with Crippen LogP contribution in [0.5, 0.6) is 17.2 Å². The molecule has 0 aliphatic carbocycles. The Morgan fingerprint density at radius 1 is 1.16 bits per heavy atom. The molecular weight excluding hydrogens is 318 g/mol. The molecule has 132 valence electrons. The largest absolute Gasteiger partial charge is 0.497 e. The molecule has 0 fully saturated rings. The first kappa shape index (κ1) is 17.1. The van der Waals surface area contributed by atoms with Crippen LogP contribution in [0.2, 0.25) is 0 Å². The third-order valence-electron chi connectivity index (χ3n) is 4.22. The van der Waals surface area contributed by atoms with E-state index >= 15 is 0 Å². The highest BCUT2D eigenvalue weighted by Gasteiger charge is 2.15. The Morgan fingerprint density at radius 3 is 2.76 bits per heavy atom. The molecule has 0 saturated heterocycles. The zero-order valence-electron chi connectivity index (χ0n) is 14.6. The molecule has 2 aromatic carbocycles. The van der Waals surface area contributed by atoms with Crippen LogP contribution in [0.1, 0.15) is 30.5 Å². The van der Waals surface area contributed by atoms with Gasteiger partial charge in [-0.1, -0.05) is 18.2 Å². The lowest BCUT2D eigenvalue weighted by Gasteiger charge is -2.21. The summed E-state index contributed by atoms with van der Waals surface area (Å²) in [6.07, 6.45) is 1.11. The first-order valence-electron chi connectivity index (χ1n) is 8.47. The first-order chi connectivity index (χ1) is 12.2. The SMILES string of the molecule is COc1cccc(CCC(=O)NC(C)c2ccc3c(c2)OCCO3)c1. The van der Waals surface area contributed by atoms with E-state index < -0.39 is 0 Å². The summed E-state index contributed by atoms with van der Waals surface area (Å²) in [5.74, 6) is 2.32. The Morgan fingerprint density at radius 2 is 1.96 bits per heavy atom. The molecule has 0 radical (unpaired) electrons. The quantitative estimate of drug-likeness (QED) is 0.876. The number of hydrogen-bond donors (Lipinski definition) is 1. The maximum absolute atomic E-state index is 12.2. The predicted octanol–water partition coefficient (Wildman–Crippen LogP) is 3.28. The minimum atomic E-state index is -0.0892. The zero-order chi connectivity index (χ0) is 17.6. The fraction of sp³-hybridized carbons (Fsp3) is 0.350. The number of hydrogen-bond acceptors (Lipinski definition) is 4. The molecule has 1 amide bonds. The number of methoxy groups -OCH3 is 1. The number of carbonyl (C=O) groups excluding carboxylic acids is 1.